The van der Waals surface area contributed by atoms with Gasteiger partial charge in [-0.15, -0.1) is 11.3 Å². The van der Waals surface area contributed by atoms with Crippen LogP contribution in [0.3, 0.4) is 0 Å². The van der Waals surface area contributed by atoms with Crippen molar-refractivity contribution < 1.29 is 4.79 Å². The van der Waals surface area contributed by atoms with Gasteiger partial charge in [-0.2, -0.15) is 0 Å². The number of carbonyl (C=O) groups is 1. The van der Waals surface area contributed by atoms with Crippen LogP contribution in [0.4, 0.5) is 0 Å². The van der Waals surface area contributed by atoms with Crippen LogP contribution in [-0.2, 0) is 10.3 Å². The Morgan fingerprint density at radius 1 is 1.71 bits per heavy atom. The highest BCUT2D eigenvalue weighted by Crippen LogP contribution is 2.41. The lowest BCUT2D eigenvalue weighted by Gasteiger charge is -2.38. The number of thiophene rings is 1. The zero-order valence-corrected chi connectivity index (χ0v) is 12.5. The Bertz CT molecular complexity index is 484. The van der Waals surface area contributed by atoms with Crippen LogP contribution in [0.15, 0.2) is 9.85 Å². The Morgan fingerprint density at radius 3 is 2.82 bits per heavy atom. The summed E-state index contributed by atoms with van der Waals surface area (Å²) in [7, 11) is 1.59. The maximum Gasteiger partial charge on any atom is 0.231 e. The second kappa shape index (κ2) is 4.26. The maximum absolute atomic E-state index is 11.8. The number of halogens is 2. The Kier molecular flexibility index (Phi) is 3.22. The van der Waals surface area contributed by atoms with Crippen molar-refractivity contribution in [2.24, 2.45) is 0 Å². The SMILES string of the molecule is CN1C(=N)N[C@](C)(c2scc(Br)c2Cl)CC1=O. The van der Waals surface area contributed by atoms with Gasteiger partial charge in [0.1, 0.15) is 0 Å². The fourth-order valence-corrected chi connectivity index (χ4v) is 3.77. The van der Waals surface area contributed by atoms with Gasteiger partial charge < -0.3 is 5.32 Å². The van der Waals surface area contributed by atoms with E-state index >= 15 is 0 Å². The predicted molar refractivity (Wildman–Crippen MR) is 72.6 cm³/mol. The van der Waals surface area contributed by atoms with Crippen LogP contribution >= 0.6 is 38.9 Å². The molecule has 1 saturated heterocycles. The summed E-state index contributed by atoms with van der Waals surface area (Å²) in [6.07, 6.45) is 0.290. The van der Waals surface area contributed by atoms with Gasteiger partial charge >= 0.3 is 0 Å². The summed E-state index contributed by atoms with van der Waals surface area (Å²) in [5.74, 6) is 0.0150. The molecule has 1 atom stereocenters. The molecule has 0 spiro atoms. The minimum Gasteiger partial charge on any atom is -0.345 e. The summed E-state index contributed by atoms with van der Waals surface area (Å²) >= 11 is 11.0. The van der Waals surface area contributed by atoms with Gasteiger partial charge in [0, 0.05) is 16.9 Å². The van der Waals surface area contributed by atoms with Crippen molar-refractivity contribution in [1.82, 2.24) is 10.2 Å². The van der Waals surface area contributed by atoms with E-state index in [1.165, 1.54) is 16.2 Å². The molecule has 0 unspecified atom stereocenters. The molecule has 2 rings (SSSR count). The van der Waals surface area contributed by atoms with Crippen molar-refractivity contribution >= 4 is 50.7 Å². The molecule has 92 valence electrons. The molecule has 17 heavy (non-hydrogen) atoms. The van der Waals surface area contributed by atoms with Crippen molar-refractivity contribution in [3.63, 3.8) is 0 Å². The van der Waals surface area contributed by atoms with E-state index in [2.05, 4.69) is 21.2 Å². The van der Waals surface area contributed by atoms with Crippen LogP contribution < -0.4 is 5.32 Å². The van der Waals surface area contributed by atoms with Crippen molar-refractivity contribution in [2.75, 3.05) is 7.05 Å². The third-order valence-electron chi connectivity index (χ3n) is 2.80. The average molecular weight is 337 g/mol. The van der Waals surface area contributed by atoms with E-state index in [-0.39, 0.29) is 11.9 Å². The van der Waals surface area contributed by atoms with Crippen LogP contribution in [0.5, 0.6) is 0 Å². The Morgan fingerprint density at radius 2 is 2.35 bits per heavy atom. The predicted octanol–water partition coefficient (Wildman–Crippen LogP) is 2.77. The van der Waals surface area contributed by atoms with E-state index in [4.69, 9.17) is 17.0 Å². The fourth-order valence-electron chi connectivity index (χ4n) is 1.77. The second-order valence-corrected chi connectivity index (χ2v) is 6.27. The van der Waals surface area contributed by atoms with Crippen LogP contribution in [0.25, 0.3) is 0 Å². The first kappa shape index (κ1) is 12.9. The van der Waals surface area contributed by atoms with E-state index in [1.54, 1.807) is 7.05 Å². The molecule has 0 aromatic carbocycles. The maximum atomic E-state index is 11.8. The van der Waals surface area contributed by atoms with E-state index in [1.807, 2.05) is 12.3 Å². The molecule has 1 aromatic rings. The lowest BCUT2D eigenvalue weighted by molar-refractivity contribution is -0.129. The molecule has 0 radical (unpaired) electrons. The molecular weight excluding hydrogens is 326 g/mol. The van der Waals surface area contributed by atoms with Gasteiger partial charge in [-0.05, 0) is 22.9 Å². The summed E-state index contributed by atoms with van der Waals surface area (Å²) in [5, 5.41) is 13.3. The summed E-state index contributed by atoms with van der Waals surface area (Å²) in [4.78, 5) is 14.0. The number of guanidine groups is 1. The molecule has 7 heteroatoms. The van der Waals surface area contributed by atoms with Gasteiger partial charge in [0.2, 0.25) is 5.91 Å². The molecule has 1 aromatic heterocycles. The Hall–Kier alpha value is -0.590. The Balaban J connectivity index is 2.41. The second-order valence-electron chi connectivity index (χ2n) is 4.16. The molecule has 1 fully saturated rings. The van der Waals surface area contributed by atoms with Gasteiger partial charge in [0.15, 0.2) is 5.96 Å². The van der Waals surface area contributed by atoms with Crippen LogP contribution in [0.2, 0.25) is 5.02 Å². The molecule has 1 aliphatic heterocycles. The van der Waals surface area contributed by atoms with Crippen molar-refractivity contribution in [1.29, 1.82) is 5.41 Å². The molecule has 1 amide bonds. The molecule has 0 bridgehead atoms. The number of hydrogen-bond acceptors (Lipinski definition) is 3. The number of nitrogens with one attached hydrogen (secondary N) is 2. The first-order valence-corrected chi connectivity index (χ1v) is 6.96. The highest BCUT2D eigenvalue weighted by molar-refractivity contribution is 9.10. The molecular formula is C10H11BrClN3OS. The standard InChI is InChI=1S/C10H11BrClN3OS/c1-10(8-7(12)5(11)4-17-8)3-6(16)15(2)9(13)14-10/h4H,3H2,1-2H3,(H2,13,14)/t10-/m0/s1. The number of amides is 1. The third-order valence-corrected chi connectivity index (χ3v) is 5.70. The molecule has 4 nitrogen and oxygen atoms in total. The molecule has 1 aliphatic rings. The van der Waals surface area contributed by atoms with Crippen molar-refractivity contribution in [3.05, 3.63) is 19.8 Å². The molecule has 0 saturated carbocycles. The van der Waals surface area contributed by atoms with E-state index in [0.29, 0.717) is 11.4 Å². The first-order chi connectivity index (χ1) is 7.85. The quantitative estimate of drug-likeness (QED) is 0.828. The highest BCUT2D eigenvalue weighted by atomic mass is 79.9. The summed E-state index contributed by atoms with van der Waals surface area (Å²) in [6, 6.07) is 0. The van der Waals surface area contributed by atoms with Crippen LogP contribution in [0.1, 0.15) is 18.2 Å². The van der Waals surface area contributed by atoms with Gasteiger partial charge in [-0.1, -0.05) is 11.6 Å². The molecule has 2 heterocycles. The van der Waals surface area contributed by atoms with Gasteiger partial charge in [0.25, 0.3) is 0 Å². The van der Waals surface area contributed by atoms with Crippen molar-refractivity contribution in [3.8, 4) is 0 Å². The van der Waals surface area contributed by atoms with E-state index in [0.717, 1.165) is 9.35 Å². The number of carbonyl (C=O) groups excluding carboxylic acids is 1. The van der Waals surface area contributed by atoms with Gasteiger partial charge in [-0.3, -0.25) is 15.1 Å². The van der Waals surface area contributed by atoms with Crippen LogP contribution in [-0.4, -0.2) is 23.8 Å². The first-order valence-electron chi connectivity index (χ1n) is 4.91. The Labute approximate surface area is 117 Å². The summed E-state index contributed by atoms with van der Waals surface area (Å²) in [5.41, 5.74) is -0.603. The lowest BCUT2D eigenvalue weighted by atomic mass is 9.93. The lowest BCUT2D eigenvalue weighted by Crippen LogP contribution is -2.57. The zero-order valence-electron chi connectivity index (χ0n) is 9.30. The van der Waals surface area contributed by atoms with E-state index < -0.39 is 5.54 Å². The zero-order chi connectivity index (χ0) is 12.8. The number of rotatable bonds is 1. The fraction of sp³-hybridized carbons (Fsp3) is 0.400. The van der Waals surface area contributed by atoms with E-state index in [9.17, 15) is 4.79 Å². The third kappa shape index (κ3) is 2.09. The minimum atomic E-state index is -0.603. The van der Waals surface area contributed by atoms with Crippen molar-refractivity contribution in [2.45, 2.75) is 18.9 Å². The largest absolute Gasteiger partial charge is 0.345 e. The summed E-state index contributed by atoms with van der Waals surface area (Å²) in [6.45, 7) is 1.89. The molecule has 2 N–H and O–H groups in total. The number of nitrogens with zero attached hydrogens (tertiary/aromatic N) is 1. The van der Waals surface area contributed by atoms with Gasteiger partial charge in [0.05, 0.1) is 21.9 Å². The average Bonchev–Trinajstić information content (AvgIpc) is 2.57. The van der Waals surface area contributed by atoms with Gasteiger partial charge in [-0.25, -0.2) is 0 Å². The number of hydrogen-bond donors (Lipinski definition) is 2. The summed E-state index contributed by atoms with van der Waals surface area (Å²) < 4.78 is 0.820. The topological polar surface area (TPSA) is 56.2 Å². The highest BCUT2D eigenvalue weighted by Gasteiger charge is 2.40. The smallest absolute Gasteiger partial charge is 0.231 e. The van der Waals surface area contributed by atoms with Crippen LogP contribution in [0, 0.1) is 5.41 Å². The monoisotopic (exact) mass is 335 g/mol. The molecule has 0 aliphatic carbocycles. The normalized spacial score (nSPS) is 25.1. The minimum absolute atomic E-state index is 0.0863.